The molecule has 0 unspecified atom stereocenters. The minimum atomic E-state index is -0.0858. The van der Waals surface area contributed by atoms with Gasteiger partial charge in [-0.05, 0) is 43.7 Å². The first-order valence-corrected chi connectivity index (χ1v) is 8.73. The minimum Gasteiger partial charge on any atom is -0.472 e. The molecule has 0 aromatic carbocycles. The lowest BCUT2D eigenvalue weighted by Gasteiger charge is -2.36. The monoisotopic (exact) mass is 329 g/mol. The van der Waals surface area contributed by atoms with Crippen molar-refractivity contribution in [2.75, 3.05) is 19.8 Å². The second-order valence-electron chi connectivity index (χ2n) is 6.62. The molecule has 0 saturated heterocycles. The van der Waals surface area contributed by atoms with E-state index < -0.39 is 0 Å². The van der Waals surface area contributed by atoms with Crippen LogP contribution in [0.25, 0.3) is 0 Å². The Bertz CT molecular complexity index is 703. The van der Waals surface area contributed by atoms with Crippen molar-refractivity contribution in [3.05, 3.63) is 41.6 Å². The lowest BCUT2D eigenvalue weighted by atomic mass is 9.99. The molecule has 1 fully saturated rings. The summed E-state index contributed by atoms with van der Waals surface area (Å²) in [6.07, 6.45) is 8.42. The van der Waals surface area contributed by atoms with Crippen LogP contribution in [-0.4, -0.2) is 40.3 Å². The molecule has 1 aliphatic heterocycles. The Morgan fingerprint density at radius 2 is 2.33 bits per heavy atom. The van der Waals surface area contributed by atoms with Gasteiger partial charge in [0.25, 0.3) is 5.91 Å². The first-order chi connectivity index (χ1) is 11.8. The third kappa shape index (κ3) is 2.86. The third-order valence-electron chi connectivity index (χ3n) is 4.91. The van der Waals surface area contributed by atoms with Gasteiger partial charge < -0.3 is 14.1 Å². The summed E-state index contributed by atoms with van der Waals surface area (Å²) in [6.45, 7) is 4.75. The molecule has 128 valence electrons. The third-order valence-corrected chi connectivity index (χ3v) is 4.91. The number of carbonyl (C=O) groups is 1. The van der Waals surface area contributed by atoms with E-state index in [1.807, 2.05) is 18.0 Å². The van der Waals surface area contributed by atoms with Crippen molar-refractivity contribution in [1.29, 1.82) is 0 Å². The van der Waals surface area contributed by atoms with E-state index in [9.17, 15) is 4.79 Å². The maximum Gasteiger partial charge on any atom is 0.257 e. The quantitative estimate of drug-likeness (QED) is 0.817. The smallest absolute Gasteiger partial charge is 0.257 e. The number of fused-ring (bicyclic) bond motifs is 1. The van der Waals surface area contributed by atoms with E-state index in [2.05, 4.69) is 9.78 Å². The van der Waals surface area contributed by atoms with Gasteiger partial charge in [0.1, 0.15) is 6.26 Å². The molecule has 6 heteroatoms. The summed E-state index contributed by atoms with van der Waals surface area (Å²) < 4.78 is 12.9. The molecule has 1 amide bonds. The standard InChI is InChI=1S/C18H23N3O3/c1-2-23-12-16-17-14(9-19-21(17)10-13-3-4-13)5-7-20(16)18(22)15-6-8-24-11-15/h6,8-9,11,13,16H,2-5,7,10,12H2,1H3/t16-/m1/s1. The second kappa shape index (κ2) is 6.43. The number of ether oxygens (including phenoxy) is 1. The average molecular weight is 329 g/mol. The molecular formula is C18H23N3O3. The second-order valence-corrected chi connectivity index (χ2v) is 6.62. The molecule has 1 atom stereocenters. The maximum absolute atomic E-state index is 12.9. The molecule has 0 N–H and O–H groups in total. The highest BCUT2D eigenvalue weighted by molar-refractivity contribution is 5.94. The Morgan fingerprint density at radius 1 is 1.46 bits per heavy atom. The van der Waals surface area contributed by atoms with Gasteiger partial charge in [-0.15, -0.1) is 0 Å². The SMILES string of the molecule is CCOC[C@@H]1c2c(cnn2CC2CC2)CCN1C(=O)c1ccoc1. The average Bonchev–Trinajstić information content (AvgIpc) is 3.09. The summed E-state index contributed by atoms with van der Waals surface area (Å²) in [5.41, 5.74) is 2.99. The number of furan rings is 1. The Hall–Kier alpha value is -2.08. The van der Waals surface area contributed by atoms with E-state index in [4.69, 9.17) is 9.15 Å². The van der Waals surface area contributed by atoms with Crippen LogP contribution in [0.5, 0.6) is 0 Å². The first-order valence-electron chi connectivity index (χ1n) is 8.73. The van der Waals surface area contributed by atoms with Crippen molar-refractivity contribution >= 4 is 5.91 Å². The lowest BCUT2D eigenvalue weighted by Crippen LogP contribution is -2.42. The summed E-state index contributed by atoms with van der Waals surface area (Å²) >= 11 is 0. The predicted molar refractivity (Wildman–Crippen MR) is 87.6 cm³/mol. The van der Waals surface area contributed by atoms with E-state index in [-0.39, 0.29) is 11.9 Å². The molecular weight excluding hydrogens is 306 g/mol. The summed E-state index contributed by atoms with van der Waals surface area (Å²) in [7, 11) is 0. The van der Waals surface area contributed by atoms with E-state index in [1.165, 1.54) is 30.9 Å². The number of hydrogen-bond acceptors (Lipinski definition) is 4. The zero-order valence-electron chi connectivity index (χ0n) is 14.0. The van der Waals surface area contributed by atoms with Crippen LogP contribution in [0.2, 0.25) is 0 Å². The van der Waals surface area contributed by atoms with Crippen LogP contribution in [0.3, 0.4) is 0 Å². The van der Waals surface area contributed by atoms with Gasteiger partial charge in [-0.25, -0.2) is 0 Å². The largest absolute Gasteiger partial charge is 0.472 e. The summed E-state index contributed by atoms with van der Waals surface area (Å²) in [5.74, 6) is 0.736. The fraction of sp³-hybridized carbons (Fsp3) is 0.556. The van der Waals surface area contributed by atoms with Gasteiger partial charge in [0, 0.05) is 19.7 Å². The normalized spacial score (nSPS) is 20.2. The van der Waals surface area contributed by atoms with Crippen LogP contribution in [0.15, 0.2) is 29.2 Å². The zero-order chi connectivity index (χ0) is 16.5. The number of nitrogens with zero attached hydrogens (tertiary/aromatic N) is 3. The van der Waals surface area contributed by atoms with E-state index in [0.29, 0.717) is 25.3 Å². The highest BCUT2D eigenvalue weighted by Crippen LogP contribution is 2.35. The van der Waals surface area contributed by atoms with Gasteiger partial charge in [-0.2, -0.15) is 5.10 Å². The molecule has 0 bridgehead atoms. The van der Waals surface area contributed by atoms with Crippen LogP contribution in [0, 0.1) is 5.92 Å². The Morgan fingerprint density at radius 3 is 3.04 bits per heavy atom. The number of hydrogen-bond donors (Lipinski definition) is 0. The summed E-state index contributed by atoms with van der Waals surface area (Å²) in [6, 6.07) is 1.63. The predicted octanol–water partition coefficient (Wildman–Crippen LogP) is 2.66. The molecule has 2 aliphatic rings. The summed E-state index contributed by atoms with van der Waals surface area (Å²) in [5, 5.41) is 4.60. The van der Waals surface area contributed by atoms with Gasteiger partial charge in [-0.3, -0.25) is 9.48 Å². The molecule has 6 nitrogen and oxygen atoms in total. The van der Waals surface area contributed by atoms with E-state index >= 15 is 0 Å². The highest BCUT2D eigenvalue weighted by Gasteiger charge is 2.36. The fourth-order valence-corrected chi connectivity index (χ4v) is 3.44. The van der Waals surface area contributed by atoms with Crippen molar-refractivity contribution in [1.82, 2.24) is 14.7 Å². The Kier molecular flexibility index (Phi) is 4.14. The van der Waals surface area contributed by atoms with E-state index in [1.54, 1.807) is 6.07 Å². The van der Waals surface area contributed by atoms with Gasteiger partial charge in [0.15, 0.2) is 0 Å². The van der Waals surface area contributed by atoms with Gasteiger partial charge in [-0.1, -0.05) is 0 Å². The molecule has 1 aliphatic carbocycles. The zero-order valence-corrected chi connectivity index (χ0v) is 14.0. The van der Waals surface area contributed by atoms with Gasteiger partial charge >= 0.3 is 0 Å². The molecule has 0 radical (unpaired) electrons. The molecule has 1 saturated carbocycles. The Labute approximate surface area is 141 Å². The fourth-order valence-electron chi connectivity index (χ4n) is 3.44. The minimum absolute atomic E-state index is 0.00160. The lowest BCUT2D eigenvalue weighted by molar-refractivity contribution is 0.0397. The maximum atomic E-state index is 12.9. The molecule has 2 aromatic heterocycles. The first kappa shape index (κ1) is 15.4. The molecule has 4 rings (SSSR count). The molecule has 0 spiro atoms. The number of rotatable bonds is 6. The van der Waals surface area contributed by atoms with Crippen LogP contribution in [-0.2, 0) is 17.7 Å². The van der Waals surface area contributed by atoms with Crippen LogP contribution >= 0.6 is 0 Å². The van der Waals surface area contributed by atoms with Gasteiger partial charge in [0.05, 0.1) is 36.4 Å². The van der Waals surface area contributed by atoms with Crippen molar-refractivity contribution in [3.63, 3.8) is 0 Å². The van der Waals surface area contributed by atoms with Crippen LogP contribution in [0.1, 0.15) is 47.4 Å². The molecule has 2 aromatic rings. The molecule has 24 heavy (non-hydrogen) atoms. The van der Waals surface area contributed by atoms with Crippen molar-refractivity contribution in [2.24, 2.45) is 5.92 Å². The van der Waals surface area contributed by atoms with Crippen LogP contribution < -0.4 is 0 Å². The van der Waals surface area contributed by atoms with E-state index in [0.717, 1.165) is 24.6 Å². The summed E-state index contributed by atoms with van der Waals surface area (Å²) in [4.78, 5) is 14.8. The topological polar surface area (TPSA) is 60.5 Å². The highest BCUT2D eigenvalue weighted by atomic mass is 16.5. The number of aromatic nitrogens is 2. The Balaban J connectivity index is 1.65. The molecule has 3 heterocycles. The van der Waals surface area contributed by atoms with Crippen molar-refractivity contribution in [2.45, 2.75) is 38.8 Å². The number of carbonyl (C=O) groups excluding carboxylic acids is 1. The van der Waals surface area contributed by atoms with Crippen molar-refractivity contribution < 1.29 is 13.9 Å². The van der Waals surface area contributed by atoms with Crippen molar-refractivity contribution in [3.8, 4) is 0 Å². The van der Waals surface area contributed by atoms with Gasteiger partial charge in [0.2, 0.25) is 0 Å². The number of amides is 1. The van der Waals surface area contributed by atoms with Crippen LogP contribution in [0.4, 0.5) is 0 Å².